The summed E-state index contributed by atoms with van der Waals surface area (Å²) in [6.45, 7) is 7.79. The Morgan fingerprint density at radius 1 is 1.00 bits per heavy atom. The Kier molecular flexibility index (Phi) is 6.80. The van der Waals surface area contributed by atoms with Crippen molar-refractivity contribution < 1.29 is 4.74 Å². The van der Waals surface area contributed by atoms with E-state index in [-0.39, 0.29) is 0 Å². The molecular weight excluding hydrogens is 236 g/mol. The lowest BCUT2D eigenvalue weighted by atomic mass is 10.3. The molecule has 0 aliphatic heterocycles. The minimum atomic E-state index is -1.08. The van der Waals surface area contributed by atoms with Crippen molar-refractivity contribution in [3.8, 4) is 5.75 Å². The highest BCUT2D eigenvalue weighted by molar-refractivity contribution is 6.84. The zero-order chi connectivity index (χ0) is 13.3. The van der Waals surface area contributed by atoms with E-state index < -0.39 is 8.07 Å². The van der Waals surface area contributed by atoms with Gasteiger partial charge in [-0.3, -0.25) is 0 Å². The van der Waals surface area contributed by atoms with E-state index in [2.05, 4.69) is 32.5 Å². The molecule has 0 saturated carbocycles. The van der Waals surface area contributed by atoms with Gasteiger partial charge in [-0.25, -0.2) is 0 Å². The van der Waals surface area contributed by atoms with Crippen LogP contribution in [0.1, 0.15) is 27.2 Å². The van der Waals surface area contributed by atoms with E-state index in [4.69, 9.17) is 4.74 Å². The number of ether oxygens (including phenoxy) is 1. The van der Waals surface area contributed by atoms with Crippen LogP contribution >= 0.6 is 0 Å². The van der Waals surface area contributed by atoms with E-state index in [9.17, 15) is 0 Å². The standard InChI is InChI=1S/C16H26OSi/c1-4-18(5-2,6-3)15-11-10-14-17-16-12-8-7-9-13-16/h7-9,11-13,15H,4-6,10,14H2,1-3H3/b15-11+. The van der Waals surface area contributed by atoms with Gasteiger partial charge in [0.2, 0.25) is 0 Å². The molecule has 18 heavy (non-hydrogen) atoms. The van der Waals surface area contributed by atoms with Crippen LogP contribution in [0.3, 0.4) is 0 Å². The minimum Gasteiger partial charge on any atom is -0.493 e. The molecule has 1 rings (SSSR count). The first kappa shape index (κ1) is 15.0. The molecule has 1 aromatic carbocycles. The summed E-state index contributed by atoms with van der Waals surface area (Å²) < 4.78 is 5.69. The van der Waals surface area contributed by atoms with Crippen LogP contribution in [0.5, 0.6) is 5.75 Å². The lowest BCUT2D eigenvalue weighted by molar-refractivity contribution is 0.325. The molecule has 0 saturated heterocycles. The average molecular weight is 262 g/mol. The van der Waals surface area contributed by atoms with Gasteiger partial charge < -0.3 is 4.74 Å². The predicted octanol–water partition coefficient (Wildman–Crippen LogP) is 5.06. The SMILES string of the molecule is CC[Si](/C=C/CCOc1ccccc1)(CC)CC. The van der Waals surface area contributed by atoms with Gasteiger partial charge in [-0.2, -0.15) is 0 Å². The number of rotatable bonds is 8. The first-order valence-corrected chi connectivity index (χ1v) is 9.81. The van der Waals surface area contributed by atoms with Crippen LogP contribution in [0.2, 0.25) is 18.1 Å². The van der Waals surface area contributed by atoms with E-state index in [1.165, 1.54) is 18.1 Å². The van der Waals surface area contributed by atoms with Crippen LogP contribution < -0.4 is 4.74 Å². The maximum atomic E-state index is 5.69. The summed E-state index contributed by atoms with van der Waals surface area (Å²) in [5.41, 5.74) is 2.53. The third-order valence-electron chi connectivity index (χ3n) is 3.88. The predicted molar refractivity (Wildman–Crippen MR) is 82.9 cm³/mol. The maximum absolute atomic E-state index is 5.69. The van der Waals surface area contributed by atoms with E-state index >= 15 is 0 Å². The van der Waals surface area contributed by atoms with Crippen molar-refractivity contribution in [2.45, 2.75) is 45.3 Å². The molecule has 0 heterocycles. The van der Waals surface area contributed by atoms with Crippen molar-refractivity contribution in [3.63, 3.8) is 0 Å². The van der Waals surface area contributed by atoms with Crippen molar-refractivity contribution >= 4 is 8.07 Å². The Labute approximate surface area is 113 Å². The Morgan fingerprint density at radius 2 is 1.61 bits per heavy atom. The molecule has 1 aromatic rings. The van der Waals surface area contributed by atoms with Gasteiger partial charge in [0.15, 0.2) is 0 Å². The molecule has 1 nitrogen and oxygen atoms in total. The topological polar surface area (TPSA) is 9.23 Å². The average Bonchev–Trinajstić information content (AvgIpc) is 2.45. The molecule has 0 radical (unpaired) electrons. The summed E-state index contributed by atoms with van der Waals surface area (Å²) >= 11 is 0. The monoisotopic (exact) mass is 262 g/mol. The zero-order valence-corrected chi connectivity index (χ0v) is 13.0. The largest absolute Gasteiger partial charge is 0.493 e. The van der Waals surface area contributed by atoms with Gasteiger partial charge in [0.05, 0.1) is 14.7 Å². The molecule has 2 heteroatoms. The summed E-state index contributed by atoms with van der Waals surface area (Å²) in [5.74, 6) is 0.968. The van der Waals surface area contributed by atoms with Gasteiger partial charge in [0, 0.05) is 0 Å². The Balaban J connectivity index is 2.33. The molecule has 0 aromatic heterocycles. The summed E-state index contributed by atoms with van der Waals surface area (Å²) in [4.78, 5) is 0. The molecule has 0 unspecified atom stereocenters. The Hall–Kier alpha value is -1.02. The fraction of sp³-hybridized carbons (Fsp3) is 0.500. The van der Waals surface area contributed by atoms with Crippen molar-refractivity contribution in [3.05, 3.63) is 42.1 Å². The molecule has 0 aliphatic rings. The second-order valence-electron chi connectivity index (χ2n) is 4.78. The highest BCUT2D eigenvalue weighted by Gasteiger charge is 2.22. The molecule has 0 N–H and O–H groups in total. The molecule has 0 atom stereocenters. The number of hydrogen-bond acceptors (Lipinski definition) is 1. The lowest BCUT2D eigenvalue weighted by Gasteiger charge is -2.23. The summed E-state index contributed by atoms with van der Waals surface area (Å²) in [6, 6.07) is 14.1. The van der Waals surface area contributed by atoms with Crippen molar-refractivity contribution in [2.75, 3.05) is 6.61 Å². The van der Waals surface area contributed by atoms with Crippen LogP contribution in [-0.2, 0) is 0 Å². The second kappa shape index (κ2) is 8.14. The van der Waals surface area contributed by atoms with E-state index in [0.29, 0.717) is 0 Å². The van der Waals surface area contributed by atoms with Crippen LogP contribution in [0.15, 0.2) is 42.1 Å². The fourth-order valence-corrected chi connectivity index (χ4v) is 5.07. The molecular formula is C16H26OSi. The summed E-state index contributed by atoms with van der Waals surface area (Å²) in [5, 5.41) is 0. The van der Waals surface area contributed by atoms with Crippen molar-refractivity contribution in [2.24, 2.45) is 0 Å². The molecule has 100 valence electrons. The normalized spacial score (nSPS) is 11.9. The van der Waals surface area contributed by atoms with Gasteiger partial charge in [-0.15, -0.1) is 0 Å². The maximum Gasteiger partial charge on any atom is 0.119 e. The Bertz CT molecular complexity index is 333. The lowest BCUT2D eigenvalue weighted by Crippen LogP contribution is -2.28. The van der Waals surface area contributed by atoms with E-state index in [1.54, 1.807) is 0 Å². The second-order valence-corrected chi connectivity index (χ2v) is 9.95. The molecule has 0 bridgehead atoms. The van der Waals surface area contributed by atoms with Crippen LogP contribution in [-0.4, -0.2) is 14.7 Å². The fourth-order valence-electron chi connectivity index (χ4n) is 2.20. The van der Waals surface area contributed by atoms with Gasteiger partial charge in [0.25, 0.3) is 0 Å². The van der Waals surface area contributed by atoms with Gasteiger partial charge in [-0.1, -0.05) is 68.9 Å². The third kappa shape index (κ3) is 4.69. The van der Waals surface area contributed by atoms with E-state index in [1.807, 2.05) is 30.3 Å². The molecule has 0 aliphatic carbocycles. The number of hydrogen-bond donors (Lipinski definition) is 0. The van der Waals surface area contributed by atoms with Crippen molar-refractivity contribution in [1.29, 1.82) is 0 Å². The van der Waals surface area contributed by atoms with E-state index in [0.717, 1.165) is 18.8 Å². The minimum absolute atomic E-state index is 0.780. The van der Waals surface area contributed by atoms with Crippen LogP contribution in [0.4, 0.5) is 0 Å². The van der Waals surface area contributed by atoms with Gasteiger partial charge in [0.1, 0.15) is 5.75 Å². The third-order valence-corrected chi connectivity index (χ3v) is 9.05. The zero-order valence-electron chi connectivity index (χ0n) is 12.0. The number of para-hydroxylation sites is 1. The molecule has 0 fully saturated rings. The highest BCUT2D eigenvalue weighted by Crippen LogP contribution is 2.21. The molecule has 0 amide bonds. The number of benzene rings is 1. The highest BCUT2D eigenvalue weighted by atomic mass is 28.3. The van der Waals surface area contributed by atoms with Crippen LogP contribution in [0.25, 0.3) is 0 Å². The van der Waals surface area contributed by atoms with Gasteiger partial charge in [-0.05, 0) is 18.6 Å². The first-order valence-electron chi connectivity index (χ1n) is 7.12. The summed E-state index contributed by atoms with van der Waals surface area (Å²) in [7, 11) is -1.08. The Morgan fingerprint density at radius 3 is 2.17 bits per heavy atom. The van der Waals surface area contributed by atoms with Crippen LogP contribution in [0, 0.1) is 0 Å². The molecule has 0 spiro atoms. The smallest absolute Gasteiger partial charge is 0.119 e. The summed E-state index contributed by atoms with van der Waals surface area (Å²) in [6.07, 6.45) is 3.36. The van der Waals surface area contributed by atoms with Gasteiger partial charge >= 0.3 is 0 Å². The quantitative estimate of drug-likeness (QED) is 0.470. The van der Waals surface area contributed by atoms with Crippen molar-refractivity contribution in [1.82, 2.24) is 0 Å². The first-order chi connectivity index (χ1) is 8.76.